The molecule has 1 aromatic rings. The smallest absolute Gasteiger partial charge is 0.240 e. The molecule has 0 fully saturated rings. The average Bonchev–Trinajstić information content (AvgIpc) is 2.48. The third kappa shape index (κ3) is 6.06. The maximum atomic E-state index is 12.2. The van der Waals surface area contributed by atoms with Crippen molar-refractivity contribution in [3.8, 4) is 5.75 Å². The predicted octanol–water partition coefficient (Wildman–Crippen LogP) is 3.58. The van der Waals surface area contributed by atoms with E-state index in [2.05, 4.69) is 18.6 Å². The second-order valence-electron chi connectivity index (χ2n) is 5.17. The number of hydrogen-bond acceptors (Lipinski definition) is 3. The summed E-state index contributed by atoms with van der Waals surface area (Å²) < 4.78 is 32.5. The standard InChI is InChI=1S/C16H27NO3S/c1-4-7-8-14(5-2)13-17-21(18,19)16-11-9-15(10-12-16)20-6-3/h9-12,14,17H,4-8,13H2,1-3H3. The summed E-state index contributed by atoms with van der Waals surface area (Å²) in [4.78, 5) is 0.288. The molecule has 4 nitrogen and oxygen atoms in total. The number of unbranched alkanes of at least 4 members (excludes halogenated alkanes) is 1. The summed E-state index contributed by atoms with van der Waals surface area (Å²) in [5.41, 5.74) is 0. The highest BCUT2D eigenvalue weighted by atomic mass is 32.2. The highest BCUT2D eigenvalue weighted by Gasteiger charge is 2.16. The molecule has 0 saturated carbocycles. The molecule has 0 aliphatic heterocycles. The summed E-state index contributed by atoms with van der Waals surface area (Å²) in [6.07, 6.45) is 4.34. The normalized spacial score (nSPS) is 13.1. The Balaban J connectivity index is 2.63. The van der Waals surface area contributed by atoms with Gasteiger partial charge in [-0.15, -0.1) is 0 Å². The van der Waals surface area contributed by atoms with Gasteiger partial charge in [0, 0.05) is 6.54 Å². The molecule has 0 amide bonds. The Morgan fingerprint density at radius 1 is 1.14 bits per heavy atom. The molecule has 1 unspecified atom stereocenters. The lowest BCUT2D eigenvalue weighted by Gasteiger charge is -2.15. The fourth-order valence-corrected chi connectivity index (χ4v) is 3.25. The number of ether oxygens (including phenoxy) is 1. The Labute approximate surface area is 129 Å². The number of rotatable bonds is 10. The van der Waals surface area contributed by atoms with Crippen LogP contribution >= 0.6 is 0 Å². The molecule has 21 heavy (non-hydrogen) atoms. The number of benzene rings is 1. The van der Waals surface area contributed by atoms with Crippen molar-refractivity contribution in [1.82, 2.24) is 4.72 Å². The van der Waals surface area contributed by atoms with Gasteiger partial charge in [-0.1, -0.05) is 33.1 Å². The topological polar surface area (TPSA) is 55.4 Å². The zero-order chi connectivity index (χ0) is 15.7. The lowest BCUT2D eigenvalue weighted by molar-refractivity contribution is 0.340. The van der Waals surface area contributed by atoms with E-state index in [1.54, 1.807) is 24.3 Å². The van der Waals surface area contributed by atoms with Crippen LogP contribution in [0.4, 0.5) is 0 Å². The van der Waals surface area contributed by atoms with Gasteiger partial charge in [0.15, 0.2) is 0 Å². The van der Waals surface area contributed by atoms with E-state index in [0.29, 0.717) is 24.8 Å². The average molecular weight is 313 g/mol. The Kier molecular flexibility index (Phi) is 7.75. The molecule has 1 aromatic carbocycles. The minimum absolute atomic E-state index is 0.288. The van der Waals surface area contributed by atoms with Crippen LogP contribution in [-0.2, 0) is 10.0 Å². The van der Waals surface area contributed by atoms with Crippen LogP contribution in [-0.4, -0.2) is 21.6 Å². The zero-order valence-electron chi connectivity index (χ0n) is 13.3. The fourth-order valence-electron chi connectivity index (χ4n) is 2.14. The molecule has 5 heteroatoms. The van der Waals surface area contributed by atoms with Crippen LogP contribution in [0.1, 0.15) is 46.5 Å². The van der Waals surface area contributed by atoms with Gasteiger partial charge >= 0.3 is 0 Å². The van der Waals surface area contributed by atoms with Crippen LogP contribution in [0.2, 0.25) is 0 Å². The van der Waals surface area contributed by atoms with Crippen molar-refractivity contribution in [2.45, 2.75) is 51.3 Å². The van der Waals surface area contributed by atoms with Crippen molar-refractivity contribution in [3.05, 3.63) is 24.3 Å². The van der Waals surface area contributed by atoms with E-state index in [4.69, 9.17) is 4.74 Å². The second-order valence-corrected chi connectivity index (χ2v) is 6.94. The summed E-state index contributed by atoms with van der Waals surface area (Å²) in [6, 6.07) is 6.54. The molecule has 0 aliphatic carbocycles. The molecule has 0 bridgehead atoms. The van der Waals surface area contributed by atoms with E-state index in [1.807, 2.05) is 6.92 Å². The molecule has 1 N–H and O–H groups in total. The second kappa shape index (κ2) is 9.05. The highest BCUT2D eigenvalue weighted by Crippen LogP contribution is 2.17. The Hall–Kier alpha value is -1.07. The molecular weight excluding hydrogens is 286 g/mol. The first-order valence-corrected chi connectivity index (χ1v) is 9.24. The van der Waals surface area contributed by atoms with Gasteiger partial charge in [0.1, 0.15) is 5.75 Å². The first kappa shape index (κ1) is 18.0. The summed E-state index contributed by atoms with van der Waals surface area (Å²) in [5.74, 6) is 1.09. The molecule has 0 aliphatic rings. The van der Waals surface area contributed by atoms with E-state index in [9.17, 15) is 8.42 Å². The maximum absolute atomic E-state index is 12.2. The minimum Gasteiger partial charge on any atom is -0.494 e. The number of nitrogens with one attached hydrogen (secondary N) is 1. The van der Waals surface area contributed by atoms with Crippen LogP contribution in [0.25, 0.3) is 0 Å². The lowest BCUT2D eigenvalue weighted by Crippen LogP contribution is -2.29. The van der Waals surface area contributed by atoms with Crippen molar-refractivity contribution < 1.29 is 13.2 Å². The van der Waals surface area contributed by atoms with Crippen LogP contribution < -0.4 is 9.46 Å². The molecular formula is C16H27NO3S. The minimum atomic E-state index is -3.43. The zero-order valence-corrected chi connectivity index (χ0v) is 14.1. The predicted molar refractivity (Wildman–Crippen MR) is 86.1 cm³/mol. The van der Waals surface area contributed by atoms with Crippen LogP contribution in [0.15, 0.2) is 29.2 Å². The Morgan fingerprint density at radius 3 is 2.33 bits per heavy atom. The Bertz CT molecular complexity index is 497. The largest absolute Gasteiger partial charge is 0.494 e. The number of hydrogen-bond donors (Lipinski definition) is 1. The van der Waals surface area contributed by atoms with E-state index < -0.39 is 10.0 Å². The van der Waals surface area contributed by atoms with Gasteiger partial charge in [-0.05, 0) is 43.5 Å². The van der Waals surface area contributed by atoms with E-state index in [0.717, 1.165) is 25.7 Å². The molecule has 0 radical (unpaired) electrons. The third-order valence-corrected chi connectivity index (χ3v) is 4.99. The molecule has 1 rings (SSSR count). The first-order chi connectivity index (χ1) is 10.0. The summed E-state index contributed by atoms with van der Waals surface area (Å²) in [6.45, 7) is 7.22. The molecule has 0 aromatic heterocycles. The summed E-state index contributed by atoms with van der Waals surface area (Å²) >= 11 is 0. The van der Waals surface area contributed by atoms with Crippen molar-refractivity contribution in [2.75, 3.05) is 13.2 Å². The Morgan fingerprint density at radius 2 is 1.81 bits per heavy atom. The van der Waals surface area contributed by atoms with Crippen LogP contribution in [0.3, 0.4) is 0 Å². The van der Waals surface area contributed by atoms with Gasteiger partial charge in [0.2, 0.25) is 10.0 Å². The van der Waals surface area contributed by atoms with Gasteiger partial charge in [0.25, 0.3) is 0 Å². The van der Waals surface area contributed by atoms with Crippen molar-refractivity contribution in [2.24, 2.45) is 5.92 Å². The van der Waals surface area contributed by atoms with Crippen LogP contribution in [0, 0.1) is 5.92 Å². The van der Waals surface area contributed by atoms with Crippen molar-refractivity contribution in [1.29, 1.82) is 0 Å². The van der Waals surface area contributed by atoms with E-state index in [1.165, 1.54) is 0 Å². The van der Waals surface area contributed by atoms with E-state index >= 15 is 0 Å². The quantitative estimate of drug-likeness (QED) is 0.718. The SMILES string of the molecule is CCCCC(CC)CNS(=O)(=O)c1ccc(OCC)cc1. The number of sulfonamides is 1. The summed E-state index contributed by atoms with van der Waals surface area (Å²) in [7, 11) is -3.43. The van der Waals surface area contributed by atoms with Gasteiger partial charge in [0.05, 0.1) is 11.5 Å². The molecule has 1 atom stereocenters. The van der Waals surface area contributed by atoms with Crippen LogP contribution in [0.5, 0.6) is 5.75 Å². The molecule has 120 valence electrons. The highest BCUT2D eigenvalue weighted by molar-refractivity contribution is 7.89. The van der Waals surface area contributed by atoms with Gasteiger partial charge in [-0.2, -0.15) is 0 Å². The van der Waals surface area contributed by atoms with Crippen molar-refractivity contribution in [3.63, 3.8) is 0 Å². The molecule has 0 saturated heterocycles. The summed E-state index contributed by atoms with van der Waals surface area (Å²) in [5, 5.41) is 0. The molecule has 0 heterocycles. The monoisotopic (exact) mass is 313 g/mol. The van der Waals surface area contributed by atoms with Gasteiger partial charge in [-0.3, -0.25) is 0 Å². The third-order valence-electron chi connectivity index (χ3n) is 3.55. The van der Waals surface area contributed by atoms with Gasteiger partial charge in [-0.25, -0.2) is 13.1 Å². The molecule has 0 spiro atoms. The lowest BCUT2D eigenvalue weighted by atomic mass is 10.00. The maximum Gasteiger partial charge on any atom is 0.240 e. The van der Waals surface area contributed by atoms with Crippen molar-refractivity contribution >= 4 is 10.0 Å². The van der Waals surface area contributed by atoms with Gasteiger partial charge < -0.3 is 4.74 Å². The van der Waals surface area contributed by atoms with E-state index in [-0.39, 0.29) is 4.90 Å². The first-order valence-electron chi connectivity index (χ1n) is 7.76. The fraction of sp³-hybridized carbons (Fsp3) is 0.625.